The standard InChI is InChI=1S/C32H40BrN3O5S/c1-6-24(5)34-32(38)30(7-2)35(21-25-11-9-10-23(4)20-25)31(37)22-36(27-14-16-28(17-15-27)41-8-3)42(39,40)29-18-12-26(33)13-19-29/h9-20,24,30H,6-8,21-22H2,1-5H3,(H,34,38)/t24-,30+/m0/s1. The maximum atomic E-state index is 14.2. The number of amides is 2. The number of benzene rings is 3. The summed E-state index contributed by atoms with van der Waals surface area (Å²) in [5, 5.41) is 2.99. The fourth-order valence-electron chi connectivity index (χ4n) is 4.51. The zero-order valence-electron chi connectivity index (χ0n) is 24.8. The number of nitrogens with one attached hydrogen (secondary N) is 1. The minimum absolute atomic E-state index is 0.0409. The van der Waals surface area contributed by atoms with Gasteiger partial charge in [0.2, 0.25) is 11.8 Å². The lowest BCUT2D eigenvalue weighted by Crippen LogP contribution is -2.53. The van der Waals surface area contributed by atoms with Crippen LogP contribution >= 0.6 is 15.9 Å². The van der Waals surface area contributed by atoms with Crippen LogP contribution in [-0.2, 0) is 26.2 Å². The second-order valence-corrected chi connectivity index (χ2v) is 12.9. The van der Waals surface area contributed by atoms with Crippen LogP contribution < -0.4 is 14.4 Å². The lowest BCUT2D eigenvalue weighted by atomic mass is 10.1. The van der Waals surface area contributed by atoms with Crippen molar-refractivity contribution >= 4 is 43.5 Å². The quantitative estimate of drug-likeness (QED) is 0.227. The molecule has 3 aromatic rings. The Morgan fingerprint density at radius 3 is 2.19 bits per heavy atom. The van der Waals surface area contributed by atoms with Crippen LogP contribution in [0.1, 0.15) is 51.7 Å². The van der Waals surface area contributed by atoms with Crippen molar-refractivity contribution in [3.8, 4) is 5.75 Å². The molecule has 0 aliphatic carbocycles. The monoisotopic (exact) mass is 657 g/mol. The molecule has 10 heteroatoms. The third kappa shape index (κ3) is 8.58. The van der Waals surface area contributed by atoms with Gasteiger partial charge < -0.3 is 15.0 Å². The summed E-state index contributed by atoms with van der Waals surface area (Å²) in [7, 11) is -4.16. The number of carbonyl (C=O) groups is 2. The van der Waals surface area contributed by atoms with Crippen molar-refractivity contribution in [2.24, 2.45) is 0 Å². The van der Waals surface area contributed by atoms with E-state index in [4.69, 9.17) is 4.74 Å². The van der Waals surface area contributed by atoms with Gasteiger partial charge in [-0.15, -0.1) is 0 Å². The van der Waals surface area contributed by atoms with Crippen LogP contribution in [0.3, 0.4) is 0 Å². The maximum absolute atomic E-state index is 14.2. The minimum atomic E-state index is -4.16. The fraction of sp³-hybridized carbons (Fsp3) is 0.375. The van der Waals surface area contributed by atoms with E-state index in [9.17, 15) is 18.0 Å². The van der Waals surface area contributed by atoms with Gasteiger partial charge in [0.05, 0.1) is 17.2 Å². The van der Waals surface area contributed by atoms with Gasteiger partial charge in [-0.2, -0.15) is 0 Å². The van der Waals surface area contributed by atoms with E-state index in [1.54, 1.807) is 36.4 Å². The summed E-state index contributed by atoms with van der Waals surface area (Å²) in [4.78, 5) is 29.1. The zero-order chi connectivity index (χ0) is 30.9. The number of nitrogens with zero attached hydrogens (tertiary/aromatic N) is 2. The van der Waals surface area contributed by atoms with Crippen LogP contribution in [-0.4, -0.2) is 50.4 Å². The van der Waals surface area contributed by atoms with Crippen LogP contribution in [0.4, 0.5) is 5.69 Å². The number of anilines is 1. The van der Waals surface area contributed by atoms with Gasteiger partial charge in [0.15, 0.2) is 0 Å². The van der Waals surface area contributed by atoms with Crippen molar-refractivity contribution in [2.45, 2.75) is 71.0 Å². The molecule has 0 spiro atoms. The second kappa shape index (κ2) is 15.2. The number of carbonyl (C=O) groups excluding carboxylic acids is 2. The van der Waals surface area contributed by atoms with E-state index in [0.29, 0.717) is 24.5 Å². The molecule has 0 unspecified atom stereocenters. The second-order valence-electron chi connectivity index (χ2n) is 10.1. The third-order valence-electron chi connectivity index (χ3n) is 6.94. The fourth-order valence-corrected chi connectivity index (χ4v) is 6.18. The average molecular weight is 659 g/mol. The first-order valence-corrected chi connectivity index (χ1v) is 16.4. The lowest BCUT2D eigenvalue weighted by Gasteiger charge is -2.33. The van der Waals surface area contributed by atoms with Crippen molar-refractivity contribution in [1.82, 2.24) is 10.2 Å². The number of sulfonamides is 1. The van der Waals surface area contributed by atoms with E-state index in [-0.39, 0.29) is 23.4 Å². The first-order chi connectivity index (χ1) is 20.0. The summed E-state index contributed by atoms with van der Waals surface area (Å²) < 4.78 is 35.4. The topological polar surface area (TPSA) is 96.0 Å². The summed E-state index contributed by atoms with van der Waals surface area (Å²) in [5.41, 5.74) is 2.18. The summed E-state index contributed by atoms with van der Waals surface area (Å²) in [6, 6.07) is 19.7. The van der Waals surface area contributed by atoms with Gasteiger partial charge in [-0.05, 0) is 87.7 Å². The predicted octanol–water partition coefficient (Wildman–Crippen LogP) is 6.07. The number of halogens is 1. The minimum Gasteiger partial charge on any atom is -0.494 e. The average Bonchev–Trinajstić information content (AvgIpc) is 2.96. The van der Waals surface area contributed by atoms with Crippen molar-refractivity contribution < 1.29 is 22.7 Å². The maximum Gasteiger partial charge on any atom is 0.264 e. The Hall–Kier alpha value is -3.37. The molecule has 2 atom stereocenters. The molecule has 2 amide bonds. The molecule has 0 bridgehead atoms. The Labute approximate surface area is 258 Å². The molecule has 0 heterocycles. The highest BCUT2D eigenvalue weighted by atomic mass is 79.9. The van der Waals surface area contributed by atoms with Crippen molar-refractivity contribution in [1.29, 1.82) is 0 Å². The normalized spacial score (nSPS) is 12.7. The molecule has 3 rings (SSSR count). The number of aryl methyl sites for hydroxylation is 1. The lowest BCUT2D eigenvalue weighted by molar-refractivity contribution is -0.140. The summed E-state index contributed by atoms with van der Waals surface area (Å²) in [5.74, 6) is -0.170. The highest BCUT2D eigenvalue weighted by Gasteiger charge is 2.34. The molecule has 0 radical (unpaired) electrons. The Morgan fingerprint density at radius 1 is 0.952 bits per heavy atom. The molecule has 0 aliphatic rings. The summed E-state index contributed by atoms with van der Waals surface area (Å²) in [6.07, 6.45) is 1.10. The highest BCUT2D eigenvalue weighted by Crippen LogP contribution is 2.27. The molecule has 0 saturated carbocycles. The van der Waals surface area contributed by atoms with Crippen molar-refractivity contribution in [3.63, 3.8) is 0 Å². The molecule has 8 nitrogen and oxygen atoms in total. The van der Waals surface area contributed by atoms with Crippen LogP contribution in [0.15, 0.2) is 82.2 Å². The molecule has 42 heavy (non-hydrogen) atoms. The number of rotatable bonds is 14. The zero-order valence-corrected chi connectivity index (χ0v) is 27.2. The van der Waals surface area contributed by atoms with Gasteiger partial charge in [-0.25, -0.2) is 8.42 Å². The molecule has 0 aromatic heterocycles. The smallest absolute Gasteiger partial charge is 0.264 e. The summed E-state index contributed by atoms with van der Waals surface area (Å²) >= 11 is 3.35. The molecular formula is C32H40BrN3O5S. The highest BCUT2D eigenvalue weighted by molar-refractivity contribution is 9.10. The Kier molecular flexibility index (Phi) is 12.0. The van der Waals surface area contributed by atoms with E-state index in [2.05, 4.69) is 21.2 Å². The van der Waals surface area contributed by atoms with Crippen LogP contribution in [0.2, 0.25) is 0 Å². The molecule has 3 aromatic carbocycles. The molecule has 226 valence electrons. The van der Waals surface area contributed by atoms with E-state index >= 15 is 0 Å². The van der Waals surface area contributed by atoms with Crippen LogP contribution in [0.25, 0.3) is 0 Å². The largest absolute Gasteiger partial charge is 0.494 e. The molecular weight excluding hydrogens is 618 g/mol. The van der Waals surface area contributed by atoms with E-state index < -0.39 is 28.5 Å². The Morgan fingerprint density at radius 2 is 1.62 bits per heavy atom. The van der Waals surface area contributed by atoms with Crippen molar-refractivity contribution in [2.75, 3.05) is 17.5 Å². The van der Waals surface area contributed by atoms with Gasteiger partial charge in [0.1, 0.15) is 18.3 Å². The molecule has 0 aliphatic heterocycles. The third-order valence-corrected chi connectivity index (χ3v) is 9.26. The molecule has 0 fully saturated rings. The SMILES string of the molecule is CCOc1ccc(N(CC(=O)N(Cc2cccc(C)c2)[C@H](CC)C(=O)N[C@@H](C)CC)S(=O)(=O)c2ccc(Br)cc2)cc1. The van der Waals surface area contributed by atoms with Gasteiger partial charge in [-0.1, -0.05) is 59.6 Å². The Balaban J connectivity index is 2.06. The van der Waals surface area contributed by atoms with Crippen LogP contribution in [0, 0.1) is 6.92 Å². The number of hydrogen-bond donors (Lipinski definition) is 1. The van der Waals surface area contributed by atoms with Gasteiger partial charge in [0, 0.05) is 17.1 Å². The number of hydrogen-bond acceptors (Lipinski definition) is 5. The van der Waals surface area contributed by atoms with E-state index in [1.165, 1.54) is 17.0 Å². The summed E-state index contributed by atoms with van der Waals surface area (Å²) in [6.45, 7) is 9.68. The Bertz CT molecular complexity index is 1450. The van der Waals surface area contributed by atoms with Gasteiger partial charge in [0.25, 0.3) is 10.0 Å². The van der Waals surface area contributed by atoms with Gasteiger partial charge in [-0.3, -0.25) is 13.9 Å². The first kappa shape index (κ1) is 33.1. The number of ether oxygens (including phenoxy) is 1. The van der Waals surface area contributed by atoms with E-state index in [0.717, 1.165) is 26.3 Å². The molecule has 1 N–H and O–H groups in total. The van der Waals surface area contributed by atoms with E-state index in [1.807, 2.05) is 58.9 Å². The molecule has 0 saturated heterocycles. The predicted molar refractivity (Wildman–Crippen MR) is 170 cm³/mol. The van der Waals surface area contributed by atoms with Crippen LogP contribution in [0.5, 0.6) is 5.75 Å². The van der Waals surface area contributed by atoms with Crippen molar-refractivity contribution in [3.05, 3.63) is 88.4 Å². The first-order valence-electron chi connectivity index (χ1n) is 14.2. The van der Waals surface area contributed by atoms with Gasteiger partial charge >= 0.3 is 0 Å².